The fraction of sp³-hybridized carbons (Fsp3) is 0.632. The molecule has 1 aromatic rings. The molecule has 0 aliphatic carbocycles. The zero-order valence-corrected chi connectivity index (χ0v) is 15.7. The molecule has 1 aliphatic heterocycles. The summed E-state index contributed by atoms with van der Waals surface area (Å²) in [7, 11) is 0. The molecule has 2 rings (SSSR count). The van der Waals surface area contributed by atoms with Crippen LogP contribution in [-0.4, -0.2) is 35.7 Å². The molecule has 0 radical (unpaired) electrons. The van der Waals surface area contributed by atoms with Crippen LogP contribution in [0.1, 0.15) is 46.1 Å². The largest absolute Gasteiger partial charge is 0.342 e. The van der Waals surface area contributed by atoms with E-state index in [1.54, 1.807) is 11.8 Å². The van der Waals surface area contributed by atoms with Crippen LogP contribution in [0, 0.1) is 5.92 Å². The van der Waals surface area contributed by atoms with E-state index < -0.39 is 0 Å². The predicted molar refractivity (Wildman–Crippen MR) is 98.8 cm³/mol. The Bertz CT molecular complexity index is 519. The maximum Gasteiger partial charge on any atom is 0.232 e. The maximum absolute atomic E-state index is 12.4. The number of nitrogens with zero attached hydrogens (tertiary/aromatic N) is 1. The van der Waals surface area contributed by atoms with Gasteiger partial charge in [-0.3, -0.25) is 4.79 Å². The van der Waals surface area contributed by atoms with Gasteiger partial charge in [0, 0.05) is 24.0 Å². The standard InChI is InChI=1S/C19H30N2OS/c1-14(20)15-6-5-11-21(12-15)18(22)13-23-17-9-7-16(8-10-17)19(2,3)4/h7-10,14-15H,5-6,11-13,20H2,1-4H3. The number of hydrogen-bond acceptors (Lipinski definition) is 3. The number of hydrogen-bond donors (Lipinski definition) is 1. The molecule has 1 fully saturated rings. The molecule has 23 heavy (non-hydrogen) atoms. The maximum atomic E-state index is 12.4. The average Bonchev–Trinajstić information content (AvgIpc) is 2.52. The van der Waals surface area contributed by atoms with Crippen molar-refractivity contribution in [2.45, 2.75) is 56.9 Å². The van der Waals surface area contributed by atoms with Crippen molar-refractivity contribution >= 4 is 17.7 Å². The third-order valence-corrected chi connectivity index (χ3v) is 5.63. The summed E-state index contributed by atoms with van der Waals surface area (Å²) in [6, 6.07) is 8.75. The molecule has 0 saturated carbocycles. The molecule has 1 saturated heterocycles. The number of benzene rings is 1. The molecule has 1 aromatic carbocycles. The Labute approximate surface area is 145 Å². The van der Waals surface area contributed by atoms with Gasteiger partial charge in [-0.15, -0.1) is 11.8 Å². The van der Waals surface area contributed by atoms with Gasteiger partial charge in [-0.05, 0) is 48.8 Å². The summed E-state index contributed by atoms with van der Waals surface area (Å²) >= 11 is 1.63. The Morgan fingerprint density at radius 1 is 1.35 bits per heavy atom. The molecular weight excluding hydrogens is 304 g/mol. The molecule has 128 valence electrons. The third kappa shape index (κ3) is 5.25. The summed E-state index contributed by atoms with van der Waals surface area (Å²) in [5.41, 5.74) is 7.49. The van der Waals surface area contributed by atoms with Crippen LogP contribution < -0.4 is 5.73 Å². The number of likely N-dealkylation sites (tertiary alicyclic amines) is 1. The molecule has 1 heterocycles. The van der Waals surface area contributed by atoms with Crippen molar-refractivity contribution in [3.05, 3.63) is 29.8 Å². The lowest BCUT2D eigenvalue weighted by Crippen LogP contribution is -2.45. The summed E-state index contributed by atoms with van der Waals surface area (Å²) in [6.45, 7) is 10.4. The van der Waals surface area contributed by atoms with Crippen molar-refractivity contribution in [1.29, 1.82) is 0 Å². The number of piperidine rings is 1. The van der Waals surface area contributed by atoms with Crippen molar-refractivity contribution in [1.82, 2.24) is 4.90 Å². The van der Waals surface area contributed by atoms with E-state index in [1.165, 1.54) is 5.56 Å². The smallest absolute Gasteiger partial charge is 0.232 e. The Morgan fingerprint density at radius 3 is 2.57 bits per heavy atom. The third-order valence-electron chi connectivity index (χ3n) is 4.64. The zero-order chi connectivity index (χ0) is 17.0. The number of carbonyl (C=O) groups excluding carboxylic acids is 1. The quantitative estimate of drug-likeness (QED) is 0.855. The summed E-state index contributed by atoms with van der Waals surface area (Å²) in [5, 5.41) is 0. The molecule has 4 heteroatoms. The molecule has 1 aliphatic rings. The van der Waals surface area contributed by atoms with Crippen molar-refractivity contribution < 1.29 is 4.79 Å². The second kappa shape index (κ2) is 7.71. The Morgan fingerprint density at radius 2 is 2.00 bits per heavy atom. The molecule has 2 atom stereocenters. The first kappa shape index (κ1) is 18.3. The van der Waals surface area contributed by atoms with Crippen molar-refractivity contribution in [2.24, 2.45) is 11.7 Å². The second-order valence-electron chi connectivity index (χ2n) is 7.66. The first-order valence-corrected chi connectivity index (χ1v) is 9.52. The monoisotopic (exact) mass is 334 g/mol. The van der Waals surface area contributed by atoms with Gasteiger partial charge in [-0.25, -0.2) is 0 Å². The van der Waals surface area contributed by atoms with E-state index >= 15 is 0 Å². The topological polar surface area (TPSA) is 46.3 Å². The molecule has 2 N–H and O–H groups in total. The fourth-order valence-corrected chi connectivity index (χ4v) is 3.75. The highest BCUT2D eigenvalue weighted by Crippen LogP contribution is 2.26. The van der Waals surface area contributed by atoms with Crippen LogP contribution in [0.15, 0.2) is 29.2 Å². The SMILES string of the molecule is CC(N)C1CCCN(C(=O)CSc2ccc(C(C)(C)C)cc2)C1. The minimum atomic E-state index is 0.167. The van der Waals surface area contributed by atoms with Gasteiger partial charge in [0.15, 0.2) is 0 Å². The van der Waals surface area contributed by atoms with Crippen LogP contribution >= 0.6 is 11.8 Å². The normalized spacial score (nSPS) is 20.4. The van der Waals surface area contributed by atoms with Gasteiger partial charge in [0.1, 0.15) is 0 Å². The number of nitrogens with two attached hydrogens (primary N) is 1. The van der Waals surface area contributed by atoms with E-state index in [2.05, 4.69) is 45.0 Å². The Balaban J connectivity index is 1.86. The van der Waals surface area contributed by atoms with Gasteiger partial charge in [0.05, 0.1) is 5.75 Å². The number of thioether (sulfide) groups is 1. The van der Waals surface area contributed by atoms with Gasteiger partial charge in [-0.2, -0.15) is 0 Å². The van der Waals surface area contributed by atoms with Gasteiger partial charge in [0.25, 0.3) is 0 Å². The summed E-state index contributed by atoms with van der Waals surface area (Å²) in [5.74, 6) is 1.20. The van der Waals surface area contributed by atoms with E-state index in [9.17, 15) is 4.79 Å². The molecule has 1 amide bonds. The number of carbonyl (C=O) groups is 1. The first-order chi connectivity index (χ1) is 10.8. The van der Waals surface area contributed by atoms with Gasteiger partial charge in [0.2, 0.25) is 5.91 Å². The van der Waals surface area contributed by atoms with Crippen LogP contribution in [-0.2, 0) is 10.2 Å². The zero-order valence-electron chi connectivity index (χ0n) is 14.8. The highest BCUT2D eigenvalue weighted by atomic mass is 32.2. The second-order valence-corrected chi connectivity index (χ2v) is 8.71. The van der Waals surface area contributed by atoms with Crippen molar-refractivity contribution in [3.63, 3.8) is 0 Å². The fourth-order valence-electron chi connectivity index (χ4n) is 2.95. The molecule has 2 unspecified atom stereocenters. The number of rotatable bonds is 4. The lowest BCUT2D eigenvalue weighted by molar-refractivity contribution is -0.130. The van der Waals surface area contributed by atoms with Gasteiger partial charge < -0.3 is 10.6 Å². The number of amides is 1. The van der Waals surface area contributed by atoms with E-state index in [-0.39, 0.29) is 17.4 Å². The van der Waals surface area contributed by atoms with E-state index in [0.29, 0.717) is 11.7 Å². The first-order valence-electron chi connectivity index (χ1n) is 8.54. The molecule has 0 aromatic heterocycles. The lowest BCUT2D eigenvalue weighted by atomic mass is 9.87. The van der Waals surface area contributed by atoms with E-state index in [4.69, 9.17) is 5.73 Å². The van der Waals surface area contributed by atoms with Crippen LogP contribution in [0.2, 0.25) is 0 Å². The van der Waals surface area contributed by atoms with Crippen LogP contribution in [0.4, 0.5) is 0 Å². The van der Waals surface area contributed by atoms with Gasteiger partial charge in [-0.1, -0.05) is 32.9 Å². The molecule has 0 bridgehead atoms. The molecule has 0 spiro atoms. The van der Waals surface area contributed by atoms with Crippen molar-refractivity contribution in [3.8, 4) is 0 Å². The van der Waals surface area contributed by atoms with Crippen LogP contribution in [0.5, 0.6) is 0 Å². The highest BCUT2D eigenvalue weighted by molar-refractivity contribution is 8.00. The molecule has 3 nitrogen and oxygen atoms in total. The minimum absolute atomic E-state index is 0.167. The summed E-state index contributed by atoms with van der Waals surface area (Å²) in [4.78, 5) is 15.6. The average molecular weight is 335 g/mol. The Kier molecular flexibility index (Phi) is 6.15. The minimum Gasteiger partial charge on any atom is -0.342 e. The van der Waals surface area contributed by atoms with E-state index in [0.717, 1.165) is 30.8 Å². The van der Waals surface area contributed by atoms with E-state index in [1.807, 2.05) is 11.8 Å². The summed E-state index contributed by atoms with van der Waals surface area (Å²) < 4.78 is 0. The van der Waals surface area contributed by atoms with Crippen LogP contribution in [0.3, 0.4) is 0 Å². The summed E-state index contributed by atoms with van der Waals surface area (Å²) in [6.07, 6.45) is 2.21. The van der Waals surface area contributed by atoms with Crippen molar-refractivity contribution in [2.75, 3.05) is 18.8 Å². The van der Waals surface area contributed by atoms with Gasteiger partial charge >= 0.3 is 0 Å². The molecular formula is C19H30N2OS. The highest BCUT2D eigenvalue weighted by Gasteiger charge is 2.25. The Hall–Kier alpha value is -1.00. The predicted octanol–water partition coefficient (Wildman–Crippen LogP) is 3.66. The lowest BCUT2D eigenvalue weighted by Gasteiger charge is -2.34. The van der Waals surface area contributed by atoms with Crippen LogP contribution in [0.25, 0.3) is 0 Å².